The fourth-order valence-electron chi connectivity index (χ4n) is 6.31. The maximum Gasteiger partial charge on any atom is 0.261 e. The van der Waals surface area contributed by atoms with Crippen LogP contribution in [0.3, 0.4) is 0 Å². The minimum Gasteiger partial charge on any atom is -0.492 e. The van der Waals surface area contributed by atoms with Crippen LogP contribution in [0.25, 0.3) is 0 Å². The molecule has 13 heteroatoms. The summed E-state index contributed by atoms with van der Waals surface area (Å²) in [5.74, 6) is 2.22. The van der Waals surface area contributed by atoms with Crippen LogP contribution in [0.5, 0.6) is 11.5 Å². The van der Waals surface area contributed by atoms with E-state index in [0.717, 1.165) is 47.4 Å². The largest absolute Gasteiger partial charge is 0.492 e. The molecule has 55 heavy (non-hydrogen) atoms. The number of nitrogens with one attached hydrogen (secondary N) is 4. The van der Waals surface area contributed by atoms with E-state index in [1.807, 2.05) is 36.4 Å². The third-order valence-corrected chi connectivity index (χ3v) is 12.3. The van der Waals surface area contributed by atoms with Crippen LogP contribution in [0.4, 0.5) is 11.4 Å². The molecule has 0 saturated carbocycles. The minimum absolute atomic E-state index is 0.0289. The number of amides is 1. The number of benzene rings is 4. The number of ether oxygens (including phenoxy) is 2. The zero-order chi connectivity index (χ0) is 39.8. The van der Waals surface area contributed by atoms with E-state index in [9.17, 15) is 21.6 Å². The van der Waals surface area contributed by atoms with Crippen molar-refractivity contribution in [2.45, 2.75) is 101 Å². The SMILES string of the molecule is CCC(=O)NC1COc2ccc(NS(=O)(=O)c3ccc(C(C)C)cc3)cc2C1.CCCNC1COc2ccc(NS(=O)(=O)c3ccc(C(C)C)cc3)cc2C1. The molecule has 0 saturated heterocycles. The molecule has 0 aliphatic carbocycles. The molecule has 6 rings (SSSR count). The Hall–Kier alpha value is -4.59. The number of fused-ring (bicyclic) bond motifs is 2. The van der Waals surface area contributed by atoms with Gasteiger partial charge in [-0.3, -0.25) is 14.2 Å². The molecule has 296 valence electrons. The lowest BCUT2D eigenvalue weighted by molar-refractivity contribution is -0.121. The van der Waals surface area contributed by atoms with E-state index in [1.165, 1.54) is 0 Å². The van der Waals surface area contributed by atoms with Crippen LogP contribution in [0.15, 0.2) is 94.7 Å². The first-order valence-corrected chi connectivity index (χ1v) is 21.9. The number of rotatable bonds is 13. The third-order valence-electron chi connectivity index (χ3n) is 9.52. The van der Waals surface area contributed by atoms with Crippen LogP contribution in [0.2, 0.25) is 0 Å². The number of hydrogen-bond acceptors (Lipinski definition) is 8. The second-order valence-corrected chi connectivity index (χ2v) is 18.0. The van der Waals surface area contributed by atoms with Gasteiger partial charge in [0, 0.05) is 23.8 Å². The number of hydrogen-bond donors (Lipinski definition) is 4. The highest BCUT2D eigenvalue weighted by molar-refractivity contribution is 7.93. The fraction of sp³-hybridized carbons (Fsp3) is 0.405. The lowest BCUT2D eigenvalue weighted by Gasteiger charge is -2.26. The molecule has 2 unspecified atom stereocenters. The van der Waals surface area contributed by atoms with Crippen molar-refractivity contribution in [3.05, 3.63) is 107 Å². The molecule has 4 aromatic rings. The molecular weight excluding hydrogens is 737 g/mol. The van der Waals surface area contributed by atoms with Gasteiger partial charge in [-0.1, -0.05) is 65.8 Å². The van der Waals surface area contributed by atoms with Gasteiger partial charge in [0.05, 0.1) is 15.8 Å². The number of carbonyl (C=O) groups is 1. The van der Waals surface area contributed by atoms with Gasteiger partial charge in [0.2, 0.25) is 5.91 Å². The molecule has 4 N–H and O–H groups in total. The summed E-state index contributed by atoms with van der Waals surface area (Å²) in [4.78, 5) is 12.1. The van der Waals surface area contributed by atoms with Crippen molar-refractivity contribution >= 4 is 37.3 Å². The topological polar surface area (TPSA) is 152 Å². The average Bonchev–Trinajstić information content (AvgIpc) is 3.16. The summed E-state index contributed by atoms with van der Waals surface area (Å²) >= 11 is 0. The lowest BCUT2D eigenvalue weighted by Crippen LogP contribution is -2.42. The highest BCUT2D eigenvalue weighted by Gasteiger charge is 2.24. The number of carbonyl (C=O) groups excluding carboxylic acids is 1. The van der Waals surface area contributed by atoms with Gasteiger partial charge in [0.15, 0.2) is 0 Å². The molecule has 0 aromatic heterocycles. The molecule has 11 nitrogen and oxygen atoms in total. The van der Waals surface area contributed by atoms with Crippen molar-refractivity contribution in [3.8, 4) is 11.5 Å². The van der Waals surface area contributed by atoms with Gasteiger partial charge in [-0.2, -0.15) is 0 Å². The summed E-state index contributed by atoms with van der Waals surface area (Å²) in [6, 6.07) is 24.8. The Morgan fingerprint density at radius 3 is 1.51 bits per heavy atom. The van der Waals surface area contributed by atoms with Crippen LogP contribution in [-0.4, -0.2) is 54.6 Å². The number of sulfonamides is 2. The first kappa shape index (κ1) is 41.6. The summed E-state index contributed by atoms with van der Waals surface area (Å²) in [6.45, 7) is 14.2. The van der Waals surface area contributed by atoms with Crippen molar-refractivity contribution in [2.75, 3.05) is 29.2 Å². The van der Waals surface area contributed by atoms with Gasteiger partial charge in [-0.05, 0) is 121 Å². The number of anilines is 2. The Balaban J connectivity index is 0.000000211. The Morgan fingerprint density at radius 1 is 0.655 bits per heavy atom. The molecule has 2 aliphatic rings. The van der Waals surface area contributed by atoms with Gasteiger partial charge >= 0.3 is 0 Å². The smallest absolute Gasteiger partial charge is 0.261 e. The van der Waals surface area contributed by atoms with E-state index >= 15 is 0 Å². The van der Waals surface area contributed by atoms with Crippen molar-refractivity contribution < 1.29 is 31.1 Å². The molecule has 2 atom stereocenters. The summed E-state index contributed by atoms with van der Waals surface area (Å²) in [5, 5.41) is 6.37. The Labute approximate surface area is 326 Å². The minimum atomic E-state index is -3.68. The maximum atomic E-state index is 12.7. The van der Waals surface area contributed by atoms with Crippen molar-refractivity contribution in [1.82, 2.24) is 10.6 Å². The van der Waals surface area contributed by atoms with E-state index in [1.54, 1.807) is 55.5 Å². The van der Waals surface area contributed by atoms with Crippen LogP contribution in [0.1, 0.15) is 88.5 Å². The lowest BCUT2D eigenvalue weighted by atomic mass is 10.0. The average molecular weight is 791 g/mol. The van der Waals surface area contributed by atoms with Gasteiger partial charge in [0.25, 0.3) is 20.0 Å². The predicted molar refractivity (Wildman–Crippen MR) is 218 cm³/mol. The first-order valence-electron chi connectivity index (χ1n) is 19.0. The summed E-state index contributed by atoms with van der Waals surface area (Å²) in [6.07, 6.45) is 2.91. The monoisotopic (exact) mass is 790 g/mol. The molecular formula is C42H54N4O7S2. The van der Waals surface area contributed by atoms with Gasteiger partial charge < -0.3 is 20.1 Å². The predicted octanol–water partition coefficient (Wildman–Crippen LogP) is 7.35. The van der Waals surface area contributed by atoms with Gasteiger partial charge in [-0.25, -0.2) is 16.8 Å². The normalized spacial score (nSPS) is 16.4. The fourth-order valence-corrected chi connectivity index (χ4v) is 8.41. The molecule has 1 amide bonds. The Morgan fingerprint density at radius 2 is 1.09 bits per heavy atom. The van der Waals surface area contributed by atoms with Crippen molar-refractivity contribution in [2.24, 2.45) is 0 Å². The summed E-state index contributed by atoms with van der Waals surface area (Å²) in [7, 11) is -7.30. The zero-order valence-corrected chi connectivity index (χ0v) is 34.1. The molecule has 2 heterocycles. The molecule has 2 aliphatic heterocycles. The highest BCUT2D eigenvalue weighted by atomic mass is 32.2. The molecule has 0 radical (unpaired) electrons. The third kappa shape index (κ3) is 11.2. The standard InChI is InChI=1S/C21H26N2O4S.C21H28N2O3S/c1-4-21(24)22-18-12-16-11-17(7-10-20(16)27-13-18)23-28(25,26)19-8-5-15(6-9-19)14(2)3;1-4-11-22-19-13-17-12-18(7-10-21(17)26-14-19)23-27(24,25)20-8-5-16(6-9-20)15(2)3/h5-11,14,18,23H,4,12-13H2,1-3H3,(H,22,24);5-10,12,15,19,22-23H,4,11,13-14H2,1-3H3. The molecule has 4 aromatic carbocycles. The van der Waals surface area contributed by atoms with E-state index in [0.29, 0.717) is 55.0 Å². The second-order valence-electron chi connectivity index (χ2n) is 14.6. The summed E-state index contributed by atoms with van der Waals surface area (Å²) in [5.41, 5.74) is 5.11. The quantitative estimate of drug-likeness (QED) is 0.110. The van der Waals surface area contributed by atoms with Crippen LogP contribution < -0.4 is 29.6 Å². The molecule has 0 bridgehead atoms. The van der Waals surface area contributed by atoms with Crippen LogP contribution in [-0.2, 0) is 37.7 Å². The highest BCUT2D eigenvalue weighted by Crippen LogP contribution is 2.31. The molecule has 0 spiro atoms. The van der Waals surface area contributed by atoms with Crippen molar-refractivity contribution in [1.29, 1.82) is 0 Å². The summed E-state index contributed by atoms with van der Waals surface area (Å²) < 4.78 is 67.6. The van der Waals surface area contributed by atoms with E-state index in [4.69, 9.17) is 9.47 Å². The van der Waals surface area contributed by atoms with Gasteiger partial charge in [0.1, 0.15) is 24.7 Å². The second kappa shape index (κ2) is 18.4. The molecule has 0 fully saturated rings. The van der Waals surface area contributed by atoms with E-state index in [-0.39, 0.29) is 27.8 Å². The first-order chi connectivity index (χ1) is 26.2. The van der Waals surface area contributed by atoms with Gasteiger partial charge in [-0.15, -0.1) is 0 Å². The maximum absolute atomic E-state index is 12.7. The van der Waals surface area contributed by atoms with Crippen LogP contribution >= 0.6 is 0 Å². The zero-order valence-electron chi connectivity index (χ0n) is 32.5. The van der Waals surface area contributed by atoms with Crippen molar-refractivity contribution in [3.63, 3.8) is 0 Å². The van der Waals surface area contributed by atoms with E-state index in [2.05, 4.69) is 54.7 Å². The Bertz CT molecular complexity index is 2140. The Kier molecular flexibility index (Phi) is 13.9. The van der Waals surface area contributed by atoms with Crippen LogP contribution in [0, 0.1) is 0 Å². The van der Waals surface area contributed by atoms with E-state index < -0.39 is 20.0 Å².